The van der Waals surface area contributed by atoms with Gasteiger partial charge in [-0.15, -0.1) is 0 Å². The summed E-state index contributed by atoms with van der Waals surface area (Å²) in [7, 11) is 0. The molecule has 1 saturated carbocycles. The van der Waals surface area contributed by atoms with E-state index in [4.69, 9.17) is 0 Å². The molecule has 0 spiro atoms. The van der Waals surface area contributed by atoms with Crippen molar-refractivity contribution in [2.45, 2.75) is 65.7 Å². The summed E-state index contributed by atoms with van der Waals surface area (Å²) in [6.07, 6.45) is 9.99. The number of nitrogens with one attached hydrogen (secondary N) is 1. The summed E-state index contributed by atoms with van der Waals surface area (Å²) >= 11 is 0. The minimum Gasteiger partial charge on any atom is -0.316 e. The molecule has 0 aromatic heterocycles. The summed E-state index contributed by atoms with van der Waals surface area (Å²) in [5.41, 5.74) is 0.640. The fourth-order valence-electron chi connectivity index (χ4n) is 3.15. The molecule has 0 saturated heterocycles. The molecular weight excluding hydrogens is 182 g/mol. The molecule has 1 aliphatic rings. The summed E-state index contributed by atoms with van der Waals surface area (Å²) in [6.45, 7) is 9.45. The molecule has 0 aliphatic heterocycles. The maximum absolute atomic E-state index is 3.65. The molecule has 1 nitrogen and oxygen atoms in total. The van der Waals surface area contributed by atoms with Crippen LogP contribution in [-0.2, 0) is 0 Å². The Kier molecular flexibility index (Phi) is 5.66. The third kappa shape index (κ3) is 4.55. The highest BCUT2D eigenvalue weighted by atomic mass is 14.9. The predicted octanol–water partition coefficient (Wildman–Crippen LogP) is 3.98. The van der Waals surface area contributed by atoms with Crippen LogP contribution in [0.5, 0.6) is 0 Å². The molecular formula is C14H29N. The van der Waals surface area contributed by atoms with Gasteiger partial charge in [-0.25, -0.2) is 0 Å². The van der Waals surface area contributed by atoms with Crippen LogP contribution < -0.4 is 5.32 Å². The van der Waals surface area contributed by atoms with Crippen LogP contribution in [0.15, 0.2) is 0 Å². The molecule has 0 amide bonds. The zero-order valence-electron chi connectivity index (χ0n) is 10.9. The van der Waals surface area contributed by atoms with E-state index >= 15 is 0 Å². The zero-order valence-corrected chi connectivity index (χ0v) is 10.9. The second-order valence-corrected chi connectivity index (χ2v) is 5.84. The highest BCUT2D eigenvalue weighted by molar-refractivity contribution is 4.85. The van der Waals surface area contributed by atoms with Crippen molar-refractivity contribution in [1.82, 2.24) is 5.32 Å². The standard InChI is InChI=1S/C14H29N/c1-4-10-15-12-14(11-13(2)3)8-6-5-7-9-14/h13,15H,4-12H2,1-3H3. The van der Waals surface area contributed by atoms with Gasteiger partial charge < -0.3 is 5.32 Å². The van der Waals surface area contributed by atoms with Gasteiger partial charge in [0.15, 0.2) is 0 Å². The van der Waals surface area contributed by atoms with Crippen LogP contribution in [0.1, 0.15) is 65.7 Å². The molecule has 0 radical (unpaired) electrons. The van der Waals surface area contributed by atoms with Gasteiger partial charge in [-0.2, -0.15) is 0 Å². The summed E-state index contributed by atoms with van der Waals surface area (Å²) in [6, 6.07) is 0. The van der Waals surface area contributed by atoms with Crippen molar-refractivity contribution < 1.29 is 0 Å². The van der Waals surface area contributed by atoms with Gasteiger partial charge in [-0.1, -0.05) is 40.0 Å². The van der Waals surface area contributed by atoms with E-state index in [1.54, 1.807) is 0 Å². The first-order valence-electron chi connectivity index (χ1n) is 6.89. The van der Waals surface area contributed by atoms with E-state index in [1.165, 1.54) is 58.0 Å². The maximum atomic E-state index is 3.65. The summed E-state index contributed by atoms with van der Waals surface area (Å²) < 4.78 is 0. The highest BCUT2D eigenvalue weighted by Crippen LogP contribution is 2.40. The fourth-order valence-corrected chi connectivity index (χ4v) is 3.15. The van der Waals surface area contributed by atoms with E-state index in [9.17, 15) is 0 Å². The molecule has 90 valence electrons. The van der Waals surface area contributed by atoms with Crippen molar-refractivity contribution in [1.29, 1.82) is 0 Å². The van der Waals surface area contributed by atoms with E-state index in [0.29, 0.717) is 5.41 Å². The van der Waals surface area contributed by atoms with Gasteiger partial charge in [0, 0.05) is 6.54 Å². The molecule has 1 N–H and O–H groups in total. The monoisotopic (exact) mass is 211 g/mol. The summed E-state index contributed by atoms with van der Waals surface area (Å²) in [5, 5.41) is 3.65. The molecule has 1 aliphatic carbocycles. The number of rotatable bonds is 6. The predicted molar refractivity (Wildman–Crippen MR) is 68.1 cm³/mol. The van der Waals surface area contributed by atoms with E-state index in [2.05, 4.69) is 26.1 Å². The van der Waals surface area contributed by atoms with E-state index < -0.39 is 0 Å². The molecule has 0 aromatic rings. The van der Waals surface area contributed by atoms with Crippen molar-refractivity contribution in [3.8, 4) is 0 Å². The van der Waals surface area contributed by atoms with Gasteiger partial charge in [-0.05, 0) is 43.6 Å². The Morgan fingerprint density at radius 1 is 1.13 bits per heavy atom. The van der Waals surface area contributed by atoms with Crippen LogP contribution in [0.2, 0.25) is 0 Å². The maximum Gasteiger partial charge on any atom is 0.000790 e. The molecule has 0 atom stereocenters. The van der Waals surface area contributed by atoms with Gasteiger partial charge in [0.2, 0.25) is 0 Å². The molecule has 0 bridgehead atoms. The van der Waals surface area contributed by atoms with Gasteiger partial charge in [0.1, 0.15) is 0 Å². The minimum absolute atomic E-state index is 0.640. The first kappa shape index (κ1) is 13.0. The Labute approximate surface area is 96.0 Å². The SMILES string of the molecule is CCCNCC1(CC(C)C)CCCCC1. The van der Waals surface area contributed by atoms with Crippen LogP contribution in [0, 0.1) is 11.3 Å². The van der Waals surface area contributed by atoms with Crippen LogP contribution in [-0.4, -0.2) is 13.1 Å². The molecule has 0 aromatic carbocycles. The largest absolute Gasteiger partial charge is 0.316 e. The highest BCUT2D eigenvalue weighted by Gasteiger charge is 2.31. The van der Waals surface area contributed by atoms with Gasteiger partial charge in [0.25, 0.3) is 0 Å². The Hall–Kier alpha value is -0.0400. The van der Waals surface area contributed by atoms with Crippen LogP contribution in [0.4, 0.5) is 0 Å². The second-order valence-electron chi connectivity index (χ2n) is 5.84. The van der Waals surface area contributed by atoms with Crippen molar-refractivity contribution in [3.05, 3.63) is 0 Å². The van der Waals surface area contributed by atoms with Crippen LogP contribution in [0.25, 0.3) is 0 Å². The third-order valence-corrected chi connectivity index (χ3v) is 3.68. The van der Waals surface area contributed by atoms with Gasteiger partial charge >= 0.3 is 0 Å². The average Bonchev–Trinajstić information content (AvgIpc) is 2.18. The summed E-state index contributed by atoms with van der Waals surface area (Å²) in [4.78, 5) is 0. The average molecular weight is 211 g/mol. The topological polar surface area (TPSA) is 12.0 Å². The third-order valence-electron chi connectivity index (χ3n) is 3.68. The number of hydrogen-bond donors (Lipinski definition) is 1. The molecule has 15 heavy (non-hydrogen) atoms. The molecule has 0 heterocycles. The van der Waals surface area contributed by atoms with Crippen molar-refractivity contribution in [2.75, 3.05) is 13.1 Å². The minimum atomic E-state index is 0.640. The summed E-state index contributed by atoms with van der Waals surface area (Å²) in [5.74, 6) is 0.853. The second kappa shape index (κ2) is 6.52. The van der Waals surface area contributed by atoms with Crippen molar-refractivity contribution >= 4 is 0 Å². The lowest BCUT2D eigenvalue weighted by Gasteiger charge is -2.39. The van der Waals surface area contributed by atoms with E-state index in [0.717, 1.165) is 5.92 Å². The zero-order chi connectivity index (χ0) is 11.1. The normalized spacial score (nSPS) is 20.8. The van der Waals surface area contributed by atoms with E-state index in [-0.39, 0.29) is 0 Å². The Balaban J connectivity index is 2.42. The Morgan fingerprint density at radius 3 is 2.33 bits per heavy atom. The van der Waals surface area contributed by atoms with Crippen molar-refractivity contribution in [2.24, 2.45) is 11.3 Å². The lowest BCUT2D eigenvalue weighted by Crippen LogP contribution is -2.37. The van der Waals surface area contributed by atoms with Crippen LogP contribution >= 0.6 is 0 Å². The first-order chi connectivity index (χ1) is 7.18. The van der Waals surface area contributed by atoms with Crippen LogP contribution in [0.3, 0.4) is 0 Å². The Morgan fingerprint density at radius 2 is 1.80 bits per heavy atom. The first-order valence-corrected chi connectivity index (χ1v) is 6.89. The molecule has 0 unspecified atom stereocenters. The fraction of sp³-hybridized carbons (Fsp3) is 1.00. The molecule has 1 rings (SSSR count). The quantitative estimate of drug-likeness (QED) is 0.655. The smallest absolute Gasteiger partial charge is 0.000790 e. The number of hydrogen-bond acceptors (Lipinski definition) is 1. The van der Waals surface area contributed by atoms with Gasteiger partial charge in [0.05, 0.1) is 0 Å². The van der Waals surface area contributed by atoms with Gasteiger partial charge in [-0.3, -0.25) is 0 Å². The lowest BCUT2D eigenvalue weighted by molar-refractivity contribution is 0.146. The lowest BCUT2D eigenvalue weighted by atomic mass is 9.69. The molecule has 1 heteroatoms. The molecule has 1 fully saturated rings. The van der Waals surface area contributed by atoms with Crippen molar-refractivity contribution in [3.63, 3.8) is 0 Å². The van der Waals surface area contributed by atoms with E-state index in [1.807, 2.05) is 0 Å². The Bertz CT molecular complexity index is 157.